The van der Waals surface area contributed by atoms with Crippen LogP contribution in [0, 0.1) is 11.3 Å². The molecule has 242 valence electrons. The zero-order valence-electron chi connectivity index (χ0n) is 28.0. The molecule has 0 bridgehead atoms. The predicted octanol–water partition coefficient (Wildman–Crippen LogP) is 12.6. The van der Waals surface area contributed by atoms with Crippen LogP contribution in [0.4, 0.5) is 0 Å². The lowest BCUT2D eigenvalue weighted by atomic mass is 9.98. The van der Waals surface area contributed by atoms with E-state index >= 15 is 0 Å². The summed E-state index contributed by atoms with van der Waals surface area (Å²) in [6.45, 7) is 0. The number of para-hydroxylation sites is 3. The number of hydrogen-bond acceptors (Lipinski definition) is 3. The molecule has 4 heteroatoms. The van der Waals surface area contributed by atoms with Crippen LogP contribution < -0.4 is 0 Å². The van der Waals surface area contributed by atoms with Gasteiger partial charge >= 0.3 is 0 Å². The van der Waals surface area contributed by atoms with Gasteiger partial charge in [-0.1, -0.05) is 115 Å². The van der Waals surface area contributed by atoms with Gasteiger partial charge in [-0.3, -0.25) is 0 Å². The molecule has 0 aliphatic rings. The van der Waals surface area contributed by atoms with Gasteiger partial charge in [0, 0.05) is 43.9 Å². The van der Waals surface area contributed by atoms with Crippen molar-refractivity contribution in [1.29, 1.82) is 5.26 Å². The van der Waals surface area contributed by atoms with E-state index in [9.17, 15) is 5.26 Å². The minimum atomic E-state index is 0.631. The Kier molecular flexibility index (Phi) is 6.84. The Morgan fingerprint density at radius 2 is 1.13 bits per heavy atom. The average Bonchev–Trinajstić information content (AvgIpc) is 3.77. The van der Waals surface area contributed by atoms with Crippen LogP contribution in [0.5, 0.6) is 0 Å². The van der Waals surface area contributed by atoms with Crippen molar-refractivity contribution in [2.75, 3.05) is 0 Å². The minimum Gasteiger partial charge on any atom is -0.455 e. The number of furan rings is 1. The molecule has 0 amide bonds. The topological polar surface area (TPSA) is 54.8 Å². The molecule has 7 aromatic carbocycles. The molecule has 0 radical (unpaired) electrons. The van der Waals surface area contributed by atoms with E-state index in [0.29, 0.717) is 5.56 Å². The summed E-state index contributed by atoms with van der Waals surface area (Å²) in [6.07, 6.45) is 0. The van der Waals surface area contributed by atoms with Gasteiger partial charge < -0.3 is 8.98 Å². The molecular weight excluding hydrogens is 635 g/mol. The second kappa shape index (κ2) is 12.0. The van der Waals surface area contributed by atoms with E-state index in [2.05, 4.69) is 132 Å². The second-order valence-corrected chi connectivity index (χ2v) is 13.1. The van der Waals surface area contributed by atoms with Crippen molar-refractivity contribution in [2.24, 2.45) is 0 Å². The molecule has 0 unspecified atom stereocenters. The smallest absolute Gasteiger partial charge is 0.143 e. The number of pyridine rings is 1. The van der Waals surface area contributed by atoms with Gasteiger partial charge in [0.15, 0.2) is 0 Å². The number of nitrogens with zero attached hydrogens (tertiary/aromatic N) is 3. The van der Waals surface area contributed by atoms with E-state index in [1.54, 1.807) is 0 Å². The first kappa shape index (κ1) is 29.7. The Bertz CT molecular complexity index is 3020. The van der Waals surface area contributed by atoms with E-state index in [1.807, 2.05) is 54.6 Å². The largest absolute Gasteiger partial charge is 0.455 e. The lowest BCUT2D eigenvalue weighted by Crippen LogP contribution is -1.97. The summed E-state index contributed by atoms with van der Waals surface area (Å²) in [6, 6.07) is 63.2. The summed E-state index contributed by atoms with van der Waals surface area (Å²) >= 11 is 0. The van der Waals surface area contributed by atoms with Gasteiger partial charge in [-0.2, -0.15) is 5.26 Å². The Balaban J connectivity index is 1.22. The third kappa shape index (κ3) is 4.87. The van der Waals surface area contributed by atoms with Gasteiger partial charge in [-0.15, -0.1) is 0 Å². The molecule has 0 saturated heterocycles. The van der Waals surface area contributed by atoms with E-state index in [-0.39, 0.29) is 0 Å². The fourth-order valence-electron chi connectivity index (χ4n) is 7.55. The maximum absolute atomic E-state index is 9.51. The van der Waals surface area contributed by atoms with Crippen LogP contribution in [0.3, 0.4) is 0 Å². The monoisotopic (exact) mass is 663 g/mol. The second-order valence-electron chi connectivity index (χ2n) is 13.1. The molecule has 0 aliphatic heterocycles. The van der Waals surface area contributed by atoms with Crippen molar-refractivity contribution >= 4 is 43.7 Å². The molecular formula is C48H29N3O. The quantitative estimate of drug-likeness (QED) is 0.184. The van der Waals surface area contributed by atoms with Crippen molar-refractivity contribution in [3.8, 4) is 56.5 Å². The van der Waals surface area contributed by atoms with Crippen molar-refractivity contribution in [1.82, 2.24) is 9.55 Å². The van der Waals surface area contributed by atoms with Crippen molar-refractivity contribution in [2.45, 2.75) is 0 Å². The molecule has 10 aromatic rings. The first-order valence-electron chi connectivity index (χ1n) is 17.3. The van der Waals surface area contributed by atoms with Crippen molar-refractivity contribution in [3.05, 3.63) is 181 Å². The zero-order valence-corrected chi connectivity index (χ0v) is 28.0. The van der Waals surface area contributed by atoms with E-state index in [4.69, 9.17) is 9.40 Å². The van der Waals surface area contributed by atoms with Gasteiger partial charge in [0.05, 0.1) is 34.1 Å². The van der Waals surface area contributed by atoms with Crippen LogP contribution in [0.25, 0.3) is 94.2 Å². The standard InChI is InChI=1S/C48H29N3O/c49-30-31-20-22-32(23-21-31)35-26-36(44-17-9-16-43(50-44)33-10-2-1-3-11-33)28-37(27-35)51-45-18-6-4-12-39(45)40-25-24-34(29-46(40)51)38-14-8-15-42-41-13-5-7-19-47(41)52-48(38)42/h1-29H. The zero-order chi connectivity index (χ0) is 34.6. The molecule has 4 nitrogen and oxygen atoms in total. The fraction of sp³-hybridized carbons (Fsp3) is 0. The number of benzene rings is 7. The number of aromatic nitrogens is 2. The van der Waals surface area contributed by atoms with E-state index in [0.717, 1.165) is 83.4 Å². The Morgan fingerprint density at radius 1 is 0.462 bits per heavy atom. The Hall–Kier alpha value is -7.22. The number of fused-ring (bicyclic) bond motifs is 6. The number of hydrogen-bond donors (Lipinski definition) is 0. The summed E-state index contributed by atoms with van der Waals surface area (Å²) in [5.74, 6) is 0. The summed E-state index contributed by atoms with van der Waals surface area (Å²) in [4.78, 5) is 5.16. The maximum atomic E-state index is 9.51. The highest BCUT2D eigenvalue weighted by Crippen LogP contribution is 2.40. The van der Waals surface area contributed by atoms with Gasteiger partial charge in [0.1, 0.15) is 11.2 Å². The maximum Gasteiger partial charge on any atom is 0.143 e. The normalized spacial score (nSPS) is 11.4. The van der Waals surface area contributed by atoms with Crippen molar-refractivity contribution < 1.29 is 4.42 Å². The summed E-state index contributed by atoms with van der Waals surface area (Å²) in [5.41, 5.74) is 13.7. The van der Waals surface area contributed by atoms with Crippen LogP contribution in [-0.4, -0.2) is 9.55 Å². The van der Waals surface area contributed by atoms with Gasteiger partial charge in [0.2, 0.25) is 0 Å². The summed E-state index contributed by atoms with van der Waals surface area (Å²) in [7, 11) is 0. The third-order valence-electron chi connectivity index (χ3n) is 10.0. The van der Waals surface area contributed by atoms with E-state index in [1.165, 1.54) is 10.8 Å². The molecule has 0 fully saturated rings. The molecule has 0 N–H and O–H groups in total. The summed E-state index contributed by atoms with van der Waals surface area (Å²) < 4.78 is 8.84. The lowest BCUT2D eigenvalue weighted by molar-refractivity contribution is 0.670. The van der Waals surface area contributed by atoms with Gasteiger partial charge in [-0.05, 0) is 77.4 Å². The third-order valence-corrected chi connectivity index (χ3v) is 10.0. The van der Waals surface area contributed by atoms with Crippen LogP contribution in [0.15, 0.2) is 180 Å². The molecule has 3 heterocycles. The Morgan fingerprint density at radius 3 is 1.98 bits per heavy atom. The van der Waals surface area contributed by atoms with E-state index < -0.39 is 0 Å². The van der Waals surface area contributed by atoms with Crippen LogP contribution in [-0.2, 0) is 0 Å². The molecule has 10 rings (SSSR count). The van der Waals surface area contributed by atoms with Crippen molar-refractivity contribution in [3.63, 3.8) is 0 Å². The first-order chi connectivity index (χ1) is 25.7. The van der Waals surface area contributed by atoms with Crippen LogP contribution in [0.2, 0.25) is 0 Å². The fourth-order valence-corrected chi connectivity index (χ4v) is 7.55. The molecule has 0 saturated carbocycles. The highest BCUT2D eigenvalue weighted by atomic mass is 16.3. The molecule has 0 atom stereocenters. The SMILES string of the molecule is N#Cc1ccc(-c2cc(-c3cccc(-c4ccccc4)n3)cc(-n3c4ccccc4c4ccc(-c5cccc6c5oc5ccccc56)cc43)c2)cc1. The van der Waals surface area contributed by atoms with Crippen LogP contribution in [0.1, 0.15) is 5.56 Å². The lowest BCUT2D eigenvalue weighted by Gasteiger charge is -2.15. The minimum absolute atomic E-state index is 0.631. The average molecular weight is 664 g/mol. The molecule has 0 aliphatic carbocycles. The molecule has 0 spiro atoms. The highest BCUT2D eigenvalue weighted by molar-refractivity contribution is 6.13. The number of nitriles is 1. The summed E-state index contributed by atoms with van der Waals surface area (Å²) in [5, 5.41) is 14.1. The predicted molar refractivity (Wildman–Crippen MR) is 212 cm³/mol. The van der Waals surface area contributed by atoms with Gasteiger partial charge in [-0.25, -0.2) is 4.98 Å². The van der Waals surface area contributed by atoms with Crippen LogP contribution >= 0.6 is 0 Å². The highest BCUT2D eigenvalue weighted by Gasteiger charge is 2.18. The number of rotatable bonds is 5. The van der Waals surface area contributed by atoms with Gasteiger partial charge in [0.25, 0.3) is 0 Å². The Labute approximate surface area is 300 Å². The molecule has 3 aromatic heterocycles. The first-order valence-corrected chi connectivity index (χ1v) is 17.3. The molecule has 52 heavy (non-hydrogen) atoms.